The van der Waals surface area contributed by atoms with Crippen molar-refractivity contribution in [3.05, 3.63) is 35.4 Å². The SMILES string of the molecule is CC1CC(C)CN(C(=O)CN2C(=O)NC3(CCc4ccccc4C3)C2=O)C1. The molecule has 1 spiro atoms. The average molecular weight is 369 g/mol. The fourth-order valence-electron chi connectivity index (χ4n) is 4.95. The van der Waals surface area contributed by atoms with Crippen molar-refractivity contribution in [2.24, 2.45) is 11.8 Å². The van der Waals surface area contributed by atoms with Crippen LogP contribution in [0.1, 0.15) is 37.8 Å². The number of imide groups is 1. The number of likely N-dealkylation sites (tertiary alicyclic amines) is 1. The van der Waals surface area contributed by atoms with E-state index in [2.05, 4.69) is 25.2 Å². The van der Waals surface area contributed by atoms with Crippen LogP contribution in [0.5, 0.6) is 0 Å². The fourth-order valence-corrected chi connectivity index (χ4v) is 4.95. The van der Waals surface area contributed by atoms with Gasteiger partial charge in [0.2, 0.25) is 5.91 Å². The summed E-state index contributed by atoms with van der Waals surface area (Å²) in [4.78, 5) is 41.4. The number of aryl methyl sites for hydroxylation is 1. The topological polar surface area (TPSA) is 69.7 Å². The van der Waals surface area contributed by atoms with Crippen molar-refractivity contribution in [2.75, 3.05) is 19.6 Å². The number of hydrogen-bond donors (Lipinski definition) is 1. The Morgan fingerprint density at radius 1 is 1.15 bits per heavy atom. The standard InChI is InChI=1S/C21H27N3O3/c1-14-9-15(2)12-23(11-14)18(25)13-24-19(26)21(22-20(24)27)8-7-16-5-3-4-6-17(16)10-21/h3-6,14-15H,7-13H2,1-2H3,(H,22,27). The zero-order valence-electron chi connectivity index (χ0n) is 16.0. The van der Waals surface area contributed by atoms with Crippen LogP contribution in [0.2, 0.25) is 0 Å². The van der Waals surface area contributed by atoms with E-state index in [1.54, 1.807) is 4.90 Å². The quantitative estimate of drug-likeness (QED) is 0.811. The number of benzene rings is 1. The molecule has 1 aliphatic carbocycles. The maximum Gasteiger partial charge on any atom is 0.325 e. The summed E-state index contributed by atoms with van der Waals surface area (Å²) in [6, 6.07) is 7.60. The number of nitrogens with one attached hydrogen (secondary N) is 1. The fraction of sp³-hybridized carbons (Fsp3) is 0.571. The van der Waals surface area contributed by atoms with E-state index in [0.717, 1.165) is 23.3 Å². The molecule has 2 fully saturated rings. The summed E-state index contributed by atoms with van der Waals surface area (Å²) in [6.45, 7) is 5.51. The highest BCUT2D eigenvalue weighted by Crippen LogP contribution is 2.33. The van der Waals surface area contributed by atoms with Crippen LogP contribution in [0.15, 0.2) is 24.3 Å². The predicted molar refractivity (Wildman–Crippen MR) is 101 cm³/mol. The first-order chi connectivity index (χ1) is 12.9. The summed E-state index contributed by atoms with van der Waals surface area (Å²) < 4.78 is 0. The summed E-state index contributed by atoms with van der Waals surface area (Å²) in [7, 11) is 0. The molecule has 0 saturated carbocycles. The number of carbonyl (C=O) groups excluding carboxylic acids is 3. The van der Waals surface area contributed by atoms with Crippen molar-refractivity contribution in [1.29, 1.82) is 0 Å². The highest BCUT2D eigenvalue weighted by molar-refractivity contribution is 6.09. The first kappa shape index (κ1) is 18.0. The molecule has 2 aliphatic heterocycles. The van der Waals surface area contributed by atoms with E-state index >= 15 is 0 Å². The second-order valence-electron chi connectivity index (χ2n) is 8.59. The summed E-state index contributed by atoms with van der Waals surface area (Å²) in [5.74, 6) is 0.502. The first-order valence-electron chi connectivity index (χ1n) is 9.86. The third-order valence-corrected chi connectivity index (χ3v) is 6.19. The molecule has 2 saturated heterocycles. The normalized spacial score (nSPS) is 30.4. The number of amides is 4. The predicted octanol–water partition coefficient (Wildman–Crippen LogP) is 1.97. The van der Waals surface area contributed by atoms with Crippen LogP contribution in [0.4, 0.5) is 4.79 Å². The molecule has 0 radical (unpaired) electrons. The minimum Gasteiger partial charge on any atom is -0.341 e. The summed E-state index contributed by atoms with van der Waals surface area (Å²) in [6.07, 6.45) is 2.94. The molecule has 3 atom stereocenters. The number of hydrogen-bond acceptors (Lipinski definition) is 3. The van der Waals surface area contributed by atoms with Gasteiger partial charge in [0.1, 0.15) is 12.1 Å². The van der Waals surface area contributed by atoms with Gasteiger partial charge >= 0.3 is 6.03 Å². The van der Waals surface area contributed by atoms with Gasteiger partial charge in [0.25, 0.3) is 5.91 Å². The van der Waals surface area contributed by atoms with Gasteiger partial charge in [-0.15, -0.1) is 0 Å². The van der Waals surface area contributed by atoms with Crippen LogP contribution in [0.3, 0.4) is 0 Å². The second kappa shape index (κ2) is 6.66. The van der Waals surface area contributed by atoms with Crippen molar-refractivity contribution >= 4 is 17.8 Å². The lowest BCUT2D eigenvalue weighted by atomic mass is 9.78. The number of nitrogens with zero attached hydrogens (tertiary/aromatic N) is 2. The van der Waals surface area contributed by atoms with Gasteiger partial charge < -0.3 is 10.2 Å². The van der Waals surface area contributed by atoms with Crippen LogP contribution in [-0.4, -0.2) is 52.8 Å². The minimum absolute atomic E-state index is 0.134. The molecule has 6 heteroatoms. The van der Waals surface area contributed by atoms with E-state index < -0.39 is 11.6 Å². The highest BCUT2D eigenvalue weighted by atomic mass is 16.2. The lowest BCUT2D eigenvalue weighted by Gasteiger charge is -2.36. The Balaban J connectivity index is 1.48. The van der Waals surface area contributed by atoms with Gasteiger partial charge in [-0.3, -0.25) is 14.5 Å². The molecule has 1 N–H and O–H groups in total. The molecule has 4 rings (SSSR count). The van der Waals surface area contributed by atoms with E-state index in [1.165, 1.54) is 5.56 Å². The van der Waals surface area contributed by atoms with Crippen molar-refractivity contribution < 1.29 is 14.4 Å². The Morgan fingerprint density at radius 3 is 2.52 bits per heavy atom. The Kier molecular flexibility index (Phi) is 4.44. The first-order valence-corrected chi connectivity index (χ1v) is 9.86. The number of carbonyl (C=O) groups is 3. The molecule has 2 heterocycles. The summed E-state index contributed by atoms with van der Waals surface area (Å²) in [5.41, 5.74) is 1.44. The third-order valence-electron chi connectivity index (χ3n) is 6.19. The largest absolute Gasteiger partial charge is 0.341 e. The van der Waals surface area contributed by atoms with Crippen LogP contribution in [0.25, 0.3) is 0 Å². The maximum absolute atomic E-state index is 13.1. The smallest absolute Gasteiger partial charge is 0.325 e. The molecule has 1 aromatic carbocycles. The average Bonchev–Trinajstić information content (AvgIpc) is 2.85. The molecule has 27 heavy (non-hydrogen) atoms. The molecule has 4 amide bonds. The second-order valence-corrected chi connectivity index (χ2v) is 8.59. The summed E-state index contributed by atoms with van der Waals surface area (Å²) >= 11 is 0. The number of rotatable bonds is 2. The van der Waals surface area contributed by atoms with Gasteiger partial charge in [-0.05, 0) is 42.2 Å². The minimum atomic E-state index is -0.895. The summed E-state index contributed by atoms with van der Waals surface area (Å²) in [5, 5.41) is 2.90. The Labute approximate surface area is 159 Å². The number of fused-ring (bicyclic) bond motifs is 1. The molecule has 0 aromatic heterocycles. The zero-order chi connectivity index (χ0) is 19.2. The molecule has 3 aliphatic rings. The van der Waals surface area contributed by atoms with Gasteiger partial charge in [-0.1, -0.05) is 38.1 Å². The zero-order valence-corrected chi connectivity index (χ0v) is 16.0. The highest BCUT2D eigenvalue weighted by Gasteiger charge is 2.52. The Bertz CT molecular complexity index is 783. The van der Waals surface area contributed by atoms with Crippen molar-refractivity contribution in [1.82, 2.24) is 15.1 Å². The van der Waals surface area contributed by atoms with Crippen LogP contribution in [0, 0.1) is 11.8 Å². The molecule has 3 unspecified atom stereocenters. The lowest BCUT2D eigenvalue weighted by molar-refractivity contribution is -0.140. The van der Waals surface area contributed by atoms with E-state index in [4.69, 9.17) is 0 Å². The van der Waals surface area contributed by atoms with Crippen LogP contribution in [-0.2, 0) is 22.4 Å². The van der Waals surface area contributed by atoms with Crippen LogP contribution >= 0.6 is 0 Å². The molecule has 6 nitrogen and oxygen atoms in total. The van der Waals surface area contributed by atoms with E-state index in [0.29, 0.717) is 37.8 Å². The monoisotopic (exact) mass is 369 g/mol. The van der Waals surface area contributed by atoms with E-state index in [-0.39, 0.29) is 18.4 Å². The maximum atomic E-state index is 13.1. The van der Waals surface area contributed by atoms with Crippen molar-refractivity contribution in [2.45, 2.75) is 45.1 Å². The van der Waals surface area contributed by atoms with Gasteiger partial charge in [0.05, 0.1) is 0 Å². The molecule has 1 aromatic rings. The lowest BCUT2D eigenvalue weighted by Crippen LogP contribution is -2.52. The third kappa shape index (κ3) is 3.22. The molecule has 0 bridgehead atoms. The molecule has 144 valence electrons. The van der Waals surface area contributed by atoms with Gasteiger partial charge in [-0.2, -0.15) is 0 Å². The van der Waals surface area contributed by atoms with Crippen molar-refractivity contribution in [3.63, 3.8) is 0 Å². The Morgan fingerprint density at radius 2 is 1.81 bits per heavy atom. The number of urea groups is 1. The van der Waals surface area contributed by atoms with E-state index in [9.17, 15) is 14.4 Å². The van der Waals surface area contributed by atoms with Gasteiger partial charge in [0, 0.05) is 19.5 Å². The van der Waals surface area contributed by atoms with E-state index in [1.807, 2.05) is 18.2 Å². The Hall–Kier alpha value is -2.37. The molecular weight excluding hydrogens is 342 g/mol. The number of piperidine rings is 1. The van der Waals surface area contributed by atoms with Crippen LogP contribution < -0.4 is 5.32 Å². The van der Waals surface area contributed by atoms with Crippen molar-refractivity contribution in [3.8, 4) is 0 Å². The van der Waals surface area contributed by atoms with Gasteiger partial charge in [-0.25, -0.2) is 4.79 Å². The molecular formula is C21H27N3O3. The van der Waals surface area contributed by atoms with Gasteiger partial charge in [0.15, 0.2) is 0 Å².